The maximum Gasteiger partial charge on any atom is 0.0791 e. The summed E-state index contributed by atoms with van der Waals surface area (Å²) in [4.78, 5) is 2.40. The largest absolute Gasteiger partial charge is 0.390 e. The topological polar surface area (TPSA) is 35.5 Å². The Bertz CT molecular complexity index is 187. The van der Waals surface area contributed by atoms with Crippen LogP contribution in [0.1, 0.15) is 46.5 Å². The summed E-state index contributed by atoms with van der Waals surface area (Å²) in [6, 6.07) is 0.561. The molecule has 0 amide bonds. The second-order valence-corrected chi connectivity index (χ2v) is 5.56. The van der Waals surface area contributed by atoms with Crippen molar-refractivity contribution in [2.75, 3.05) is 26.2 Å². The third-order valence-corrected chi connectivity index (χ3v) is 3.97. The first-order chi connectivity index (χ1) is 8.15. The second-order valence-electron chi connectivity index (χ2n) is 5.56. The molecule has 2 N–H and O–H groups in total. The van der Waals surface area contributed by atoms with Crippen molar-refractivity contribution >= 4 is 0 Å². The van der Waals surface area contributed by atoms with Gasteiger partial charge in [0.15, 0.2) is 0 Å². The SMILES string of the molecule is CCC(CC)NCC(O)CN1CCC(C)CC1. The maximum absolute atomic E-state index is 10.0. The van der Waals surface area contributed by atoms with Gasteiger partial charge in [-0.1, -0.05) is 20.8 Å². The number of likely N-dealkylation sites (tertiary alicyclic amines) is 1. The highest BCUT2D eigenvalue weighted by atomic mass is 16.3. The lowest BCUT2D eigenvalue weighted by molar-refractivity contribution is 0.0886. The van der Waals surface area contributed by atoms with E-state index >= 15 is 0 Å². The molecule has 0 aliphatic carbocycles. The van der Waals surface area contributed by atoms with Crippen molar-refractivity contribution in [3.63, 3.8) is 0 Å². The number of hydrogen-bond acceptors (Lipinski definition) is 3. The molecule has 0 saturated carbocycles. The summed E-state index contributed by atoms with van der Waals surface area (Å²) in [7, 11) is 0. The zero-order chi connectivity index (χ0) is 12.7. The summed E-state index contributed by atoms with van der Waals surface area (Å²) in [6.45, 7) is 10.6. The van der Waals surface area contributed by atoms with Gasteiger partial charge in [0.2, 0.25) is 0 Å². The first-order valence-electron chi connectivity index (χ1n) is 7.29. The zero-order valence-electron chi connectivity index (χ0n) is 11.8. The van der Waals surface area contributed by atoms with Gasteiger partial charge in [0.1, 0.15) is 0 Å². The molecule has 17 heavy (non-hydrogen) atoms. The first-order valence-corrected chi connectivity index (χ1v) is 7.29. The molecular formula is C14H30N2O. The lowest BCUT2D eigenvalue weighted by atomic mass is 9.99. The number of aliphatic hydroxyl groups is 1. The Hall–Kier alpha value is -0.120. The van der Waals surface area contributed by atoms with Crippen molar-refractivity contribution in [2.24, 2.45) is 5.92 Å². The molecule has 3 nitrogen and oxygen atoms in total. The summed E-state index contributed by atoms with van der Waals surface area (Å²) in [6.07, 6.45) is 4.64. The Balaban J connectivity index is 2.14. The van der Waals surface area contributed by atoms with Crippen molar-refractivity contribution in [3.05, 3.63) is 0 Å². The summed E-state index contributed by atoms with van der Waals surface area (Å²) in [5.74, 6) is 0.867. The molecule has 1 atom stereocenters. The van der Waals surface area contributed by atoms with Crippen LogP contribution in [0, 0.1) is 5.92 Å². The highest BCUT2D eigenvalue weighted by Crippen LogP contribution is 2.15. The van der Waals surface area contributed by atoms with Gasteiger partial charge in [-0.15, -0.1) is 0 Å². The number of aliphatic hydroxyl groups excluding tert-OH is 1. The molecule has 1 heterocycles. The Labute approximate surface area is 107 Å². The van der Waals surface area contributed by atoms with Crippen LogP contribution in [-0.4, -0.2) is 48.3 Å². The maximum atomic E-state index is 10.0. The highest BCUT2D eigenvalue weighted by Gasteiger charge is 2.18. The molecule has 0 aromatic rings. The Morgan fingerprint density at radius 2 is 1.82 bits per heavy atom. The van der Waals surface area contributed by atoms with Crippen LogP contribution in [0.2, 0.25) is 0 Å². The van der Waals surface area contributed by atoms with Crippen LogP contribution in [0.3, 0.4) is 0 Å². The fourth-order valence-electron chi connectivity index (χ4n) is 2.49. The molecule has 1 saturated heterocycles. The number of rotatable bonds is 7. The lowest BCUT2D eigenvalue weighted by Crippen LogP contribution is -2.43. The van der Waals surface area contributed by atoms with Crippen molar-refractivity contribution in [3.8, 4) is 0 Å². The van der Waals surface area contributed by atoms with Crippen LogP contribution in [0.25, 0.3) is 0 Å². The first kappa shape index (κ1) is 14.9. The lowest BCUT2D eigenvalue weighted by Gasteiger charge is -2.32. The van der Waals surface area contributed by atoms with E-state index in [0.29, 0.717) is 6.04 Å². The normalized spacial score (nSPS) is 21.0. The molecule has 1 aliphatic heterocycles. The number of hydrogen-bond donors (Lipinski definition) is 2. The average Bonchev–Trinajstić information content (AvgIpc) is 2.33. The highest BCUT2D eigenvalue weighted by molar-refractivity contribution is 4.74. The fourth-order valence-corrected chi connectivity index (χ4v) is 2.49. The van der Waals surface area contributed by atoms with Gasteiger partial charge in [-0.05, 0) is 44.7 Å². The van der Waals surface area contributed by atoms with Crippen molar-refractivity contribution in [1.82, 2.24) is 10.2 Å². The van der Waals surface area contributed by atoms with Gasteiger partial charge in [-0.25, -0.2) is 0 Å². The third-order valence-electron chi connectivity index (χ3n) is 3.97. The van der Waals surface area contributed by atoms with Crippen molar-refractivity contribution in [1.29, 1.82) is 0 Å². The smallest absolute Gasteiger partial charge is 0.0791 e. The quantitative estimate of drug-likeness (QED) is 0.715. The van der Waals surface area contributed by atoms with Gasteiger partial charge in [-0.2, -0.15) is 0 Å². The van der Waals surface area contributed by atoms with Gasteiger partial charge < -0.3 is 15.3 Å². The van der Waals surface area contributed by atoms with E-state index in [9.17, 15) is 5.11 Å². The number of nitrogens with zero attached hydrogens (tertiary/aromatic N) is 1. The summed E-state index contributed by atoms with van der Waals surface area (Å²) >= 11 is 0. The molecule has 0 aromatic heterocycles. The standard InChI is InChI=1S/C14H30N2O/c1-4-13(5-2)15-10-14(17)11-16-8-6-12(3)7-9-16/h12-15,17H,4-11H2,1-3H3. The van der Waals surface area contributed by atoms with Crippen LogP contribution >= 0.6 is 0 Å². The molecule has 0 bridgehead atoms. The van der Waals surface area contributed by atoms with Crippen LogP contribution in [-0.2, 0) is 0 Å². The van der Waals surface area contributed by atoms with Gasteiger partial charge in [0, 0.05) is 19.1 Å². The Kier molecular flexibility index (Phi) is 7.09. The van der Waals surface area contributed by atoms with E-state index < -0.39 is 0 Å². The molecule has 0 aromatic carbocycles. The van der Waals surface area contributed by atoms with Gasteiger partial charge in [0.05, 0.1) is 6.10 Å². The van der Waals surface area contributed by atoms with E-state index in [-0.39, 0.29) is 6.10 Å². The van der Waals surface area contributed by atoms with Crippen LogP contribution in [0.5, 0.6) is 0 Å². The van der Waals surface area contributed by atoms with E-state index in [1.54, 1.807) is 0 Å². The molecule has 102 valence electrons. The van der Waals surface area contributed by atoms with E-state index in [0.717, 1.165) is 44.9 Å². The van der Waals surface area contributed by atoms with Crippen LogP contribution < -0.4 is 5.32 Å². The van der Waals surface area contributed by atoms with Gasteiger partial charge in [0.25, 0.3) is 0 Å². The summed E-state index contributed by atoms with van der Waals surface area (Å²) < 4.78 is 0. The van der Waals surface area contributed by atoms with E-state index in [1.807, 2.05) is 0 Å². The summed E-state index contributed by atoms with van der Waals surface area (Å²) in [5.41, 5.74) is 0. The predicted octanol–water partition coefficient (Wildman–Crippen LogP) is 1.86. The molecule has 1 unspecified atom stereocenters. The predicted molar refractivity (Wildman–Crippen MR) is 73.2 cm³/mol. The van der Waals surface area contributed by atoms with Gasteiger partial charge in [-0.3, -0.25) is 0 Å². The average molecular weight is 242 g/mol. The van der Waals surface area contributed by atoms with E-state index in [4.69, 9.17) is 0 Å². The second kappa shape index (κ2) is 8.06. The van der Waals surface area contributed by atoms with E-state index in [1.165, 1.54) is 12.8 Å². The zero-order valence-corrected chi connectivity index (χ0v) is 11.8. The molecule has 0 spiro atoms. The number of piperidine rings is 1. The number of β-amino-alcohol motifs (C(OH)–C–C–N with tert-alkyl or cyclic N) is 1. The molecule has 3 heteroatoms. The molecule has 1 rings (SSSR count). The number of nitrogens with one attached hydrogen (secondary N) is 1. The summed E-state index contributed by atoms with van der Waals surface area (Å²) in [5, 5.41) is 13.4. The molecule has 1 aliphatic rings. The molecular weight excluding hydrogens is 212 g/mol. The Morgan fingerprint density at radius 1 is 1.24 bits per heavy atom. The minimum absolute atomic E-state index is 0.219. The fraction of sp³-hybridized carbons (Fsp3) is 1.00. The van der Waals surface area contributed by atoms with Gasteiger partial charge >= 0.3 is 0 Å². The van der Waals surface area contributed by atoms with Crippen LogP contribution in [0.4, 0.5) is 0 Å². The van der Waals surface area contributed by atoms with Crippen molar-refractivity contribution < 1.29 is 5.11 Å². The molecule has 1 fully saturated rings. The molecule has 0 radical (unpaired) electrons. The van der Waals surface area contributed by atoms with Crippen molar-refractivity contribution in [2.45, 2.75) is 58.6 Å². The minimum atomic E-state index is -0.219. The van der Waals surface area contributed by atoms with Crippen LogP contribution in [0.15, 0.2) is 0 Å². The monoisotopic (exact) mass is 242 g/mol. The third kappa shape index (κ3) is 5.84. The van der Waals surface area contributed by atoms with E-state index in [2.05, 4.69) is 31.0 Å². The Morgan fingerprint density at radius 3 is 2.35 bits per heavy atom. The minimum Gasteiger partial charge on any atom is -0.390 e.